The monoisotopic (exact) mass is 240 g/mol. The molecule has 0 atom stereocenters. The number of hydrogen-bond donors (Lipinski definition) is 0. The first kappa shape index (κ1) is 13.2. The maximum absolute atomic E-state index is 13.4. The number of aryl methyl sites for hydroxylation is 1. The van der Waals surface area contributed by atoms with Crippen LogP contribution in [0.4, 0.5) is 9.18 Å². The highest BCUT2D eigenvalue weighted by Crippen LogP contribution is 2.20. The van der Waals surface area contributed by atoms with E-state index in [-0.39, 0.29) is 17.4 Å². The number of ether oxygens (including phenoxy) is 2. The van der Waals surface area contributed by atoms with Gasteiger partial charge in [-0.2, -0.15) is 0 Å². The molecule has 0 radical (unpaired) electrons. The van der Waals surface area contributed by atoms with Crippen molar-refractivity contribution in [1.29, 1.82) is 0 Å². The third-order valence-corrected chi connectivity index (χ3v) is 1.96. The Balaban J connectivity index is 2.87. The number of carbonyl (C=O) groups excluding carboxylic acids is 2. The molecule has 0 saturated carbocycles. The summed E-state index contributed by atoms with van der Waals surface area (Å²) in [6, 6.07) is 2.37. The van der Waals surface area contributed by atoms with Gasteiger partial charge < -0.3 is 9.47 Å². The third kappa shape index (κ3) is 3.55. The summed E-state index contributed by atoms with van der Waals surface area (Å²) < 4.78 is 22.9. The van der Waals surface area contributed by atoms with E-state index in [1.54, 1.807) is 20.8 Å². The predicted molar refractivity (Wildman–Crippen MR) is 58.8 cm³/mol. The van der Waals surface area contributed by atoms with Crippen molar-refractivity contribution in [1.82, 2.24) is 0 Å². The molecule has 0 amide bonds. The standard InChI is InChI=1S/C12H13FO4/c1-7(2)16-12(15)17-9-4-8(3)10(6-14)11(13)5-9/h4-7H,1-3H3. The summed E-state index contributed by atoms with van der Waals surface area (Å²) in [7, 11) is 0. The Labute approximate surface area is 98.3 Å². The average molecular weight is 240 g/mol. The van der Waals surface area contributed by atoms with Crippen LogP contribution in [-0.4, -0.2) is 18.5 Å². The molecule has 17 heavy (non-hydrogen) atoms. The minimum Gasteiger partial charge on any atom is -0.431 e. The molecule has 0 N–H and O–H groups in total. The first-order valence-electron chi connectivity index (χ1n) is 5.07. The van der Waals surface area contributed by atoms with Gasteiger partial charge in [0.15, 0.2) is 6.29 Å². The second-order valence-electron chi connectivity index (χ2n) is 3.77. The van der Waals surface area contributed by atoms with E-state index in [1.165, 1.54) is 6.07 Å². The highest BCUT2D eigenvalue weighted by Gasteiger charge is 2.12. The van der Waals surface area contributed by atoms with Gasteiger partial charge in [-0.15, -0.1) is 0 Å². The molecule has 0 spiro atoms. The molecule has 0 aromatic heterocycles. The SMILES string of the molecule is Cc1cc(OC(=O)OC(C)C)cc(F)c1C=O. The predicted octanol–water partition coefficient (Wildman–Crippen LogP) is 2.87. The van der Waals surface area contributed by atoms with Crippen LogP contribution >= 0.6 is 0 Å². The van der Waals surface area contributed by atoms with Crippen LogP contribution in [0.5, 0.6) is 5.75 Å². The van der Waals surface area contributed by atoms with Gasteiger partial charge in [-0.3, -0.25) is 4.79 Å². The number of benzene rings is 1. The third-order valence-electron chi connectivity index (χ3n) is 1.96. The normalized spacial score (nSPS) is 10.2. The van der Waals surface area contributed by atoms with Crippen LogP contribution in [-0.2, 0) is 4.74 Å². The Hall–Kier alpha value is -1.91. The number of hydrogen-bond acceptors (Lipinski definition) is 4. The fraction of sp³-hybridized carbons (Fsp3) is 0.333. The number of rotatable bonds is 3. The number of aldehydes is 1. The fourth-order valence-corrected chi connectivity index (χ4v) is 1.24. The summed E-state index contributed by atoms with van der Waals surface area (Å²) >= 11 is 0. The van der Waals surface area contributed by atoms with Crippen LogP contribution in [0.15, 0.2) is 12.1 Å². The molecular formula is C12H13FO4. The molecule has 0 unspecified atom stereocenters. The summed E-state index contributed by atoms with van der Waals surface area (Å²) in [5, 5.41) is 0. The van der Waals surface area contributed by atoms with Crippen LogP contribution in [0.2, 0.25) is 0 Å². The Morgan fingerprint density at radius 3 is 2.53 bits per heavy atom. The van der Waals surface area contributed by atoms with Gasteiger partial charge in [-0.1, -0.05) is 0 Å². The van der Waals surface area contributed by atoms with E-state index in [1.807, 2.05) is 0 Å². The Kier molecular flexibility index (Phi) is 4.20. The van der Waals surface area contributed by atoms with Gasteiger partial charge in [0.25, 0.3) is 0 Å². The zero-order valence-electron chi connectivity index (χ0n) is 9.82. The molecular weight excluding hydrogens is 227 g/mol. The summed E-state index contributed by atoms with van der Waals surface area (Å²) in [6.45, 7) is 4.89. The minimum absolute atomic E-state index is 0.0104. The maximum atomic E-state index is 13.4. The van der Waals surface area contributed by atoms with Gasteiger partial charge >= 0.3 is 6.16 Å². The van der Waals surface area contributed by atoms with E-state index in [9.17, 15) is 14.0 Å². The molecule has 1 aromatic carbocycles. The first-order chi connectivity index (χ1) is 7.93. The zero-order valence-corrected chi connectivity index (χ0v) is 9.82. The topological polar surface area (TPSA) is 52.6 Å². The molecule has 92 valence electrons. The lowest BCUT2D eigenvalue weighted by atomic mass is 10.1. The summed E-state index contributed by atoms with van der Waals surface area (Å²) in [5.74, 6) is -0.719. The fourth-order valence-electron chi connectivity index (χ4n) is 1.24. The molecule has 0 fully saturated rings. The molecule has 0 heterocycles. The lowest BCUT2D eigenvalue weighted by Crippen LogP contribution is -2.15. The average Bonchev–Trinajstić information content (AvgIpc) is 2.15. The number of carbonyl (C=O) groups is 2. The Bertz CT molecular complexity index is 417. The van der Waals surface area contributed by atoms with E-state index >= 15 is 0 Å². The molecule has 5 heteroatoms. The van der Waals surface area contributed by atoms with Crippen molar-refractivity contribution in [2.75, 3.05) is 0 Å². The van der Waals surface area contributed by atoms with Crippen LogP contribution in [0.1, 0.15) is 29.8 Å². The Morgan fingerprint density at radius 2 is 2.06 bits per heavy atom. The van der Waals surface area contributed by atoms with E-state index < -0.39 is 12.0 Å². The van der Waals surface area contributed by atoms with Crippen LogP contribution in [0, 0.1) is 12.7 Å². The van der Waals surface area contributed by atoms with Crippen LogP contribution in [0.25, 0.3) is 0 Å². The van der Waals surface area contributed by atoms with Crippen molar-refractivity contribution in [3.63, 3.8) is 0 Å². The second kappa shape index (κ2) is 5.43. The van der Waals surface area contributed by atoms with E-state index in [0.717, 1.165) is 6.07 Å². The van der Waals surface area contributed by atoms with E-state index in [2.05, 4.69) is 0 Å². The largest absolute Gasteiger partial charge is 0.514 e. The van der Waals surface area contributed by atoms with Gasteiger partial charge in [0.2, 0.25) is 0 Å². The molecule has 0 aliphatic rings. The minimum atomic E-state index is -0.905. The highest BCUT2D eigenvalue weighted by atomic mass is 19.1. The van der Waals surface area contributed by atoms with Crippen molar-refractivity contribution in [3.8, 4) is 5.75 Å². The van der Waals surface area contributed by atoms with Crippen molar-refractivity contribution in [2.24, 2.45) is 0 Å². The van der Waals surface area contributed by atoms with E-state index in [4.69, 9.17) is 9.47 Å². The van der Waals surface area contributed by atoms with Gasteiger partial charge in [0.1, 0.15) is 11.6 Å². The first-order valence-corrected chi connectivity index (χ1v) is 5.07. The quantitative estimate of drug-likeness (QED) is 0.463. The van der Waals surface area contributed by atoms with E-state index in [0.29, 0.717) is 11.8 Å². The molecule has 1 aromatic rings. The van der Waals surface area contributed by atoms with Crippen LogP contribution in [0.3, 0.4) is 0 Å². The lowest BCUT2D eigenvalue weighted by Gasteiger charge is -2.09. The molecule has 1 rings (SSSR count). The van der Waals surface area contributed by atoms with Crippen molar-refractivity contribution >= 4 is 12.4 Å². The molecule has 4 nitrogen and oxygen atoms in total. The molecule has 0 saturated heterocycles. The summed E-state index contributed by atoms with van der Waals surface area (Å²) in [6.07, 6.45) is -0.804. The zero-order chi connectivity index (χ0) is 13.0. The Morgan fingerprint density at radius 1 is 1.41 bits per heavy atom. The van der Waals surface area contributed by atoms with Gasteiger partial charge in [-0.25, -0.2) is 9.18 Å². The van der Waals surface area contributed by atoms with Crippen molar-refractivity contribution in [3.05, 3.63) is 29.1 Å². The lowest BCUT2D eigenvalue weighted by molar-refractivity contribution is 0.0728. The summed E-state index contributed by atoms with van der Waals surface area (Å²) in [5.41, 5.74) is 0.349. The van der Waals surface area contributed by atoms with Crippen LogP contribution < -0.4 is 4.74 Å². The van der Waals surface area contributed by atoms with Gasteiger partial charge in [-0.05, 0) is 32.4 Å². The van der Waals surface area contributed by atoms with Crippen molar-refractivity contribution in [2.45, 2.75) is 26.9 Å². The molecule has 0 aliphatic carbocycles. The second-order valence-corrected chi connectivity index (χ2v) is 3.77. The van der Waals surface area contributed by atoms with Crippen molar-refractivity contribution < 1.29 is 23.5 Å². The molecule has 0 bridgehead atoms. The number of halogens is 1. The maximum Gasteiger partial charge on any atom is 0.514 e. The van der Waals surface area contributed by atoms with Gasteiger partial charge in [0, 0.05) is 6.07 Å². The van der Waals surface area contributed by atoms with Gasteiger partial charge in [0.05, 0.1) is 11.7 Å². The molecule has 0 aliphatic heterocycles. The highest BCUT2D eigenvalue weighted by molar-refractivity contribution is 5.78. The smallest absolute Gasteiger partial charge is 0.431 e. The summed E-state index contributed by atoms with van der Waals surface area (Å²) in [4.78, 5) is 21.7.